The summed E-state index contributed by atoms with van der Waals surface area (Å²) in [6, 6.07) is 48.9. The predicted octanol–water partition coefficient (Wildman–Crippen LogP) is 11.2. The van der Waals surface area contributed by atoms with Gasteiger partial charge in [0.15, 0.2) is 5.82 Å². The van der Waals surface area contributed by atoms with Crippen LogP contribution in [-0.4, -0.2) is 14.5 Å². The molecule has 4 aromatic heterocycles. The first-order chi connectivity index (χ1) is 22.3. The van der Waals surface area contributed by atoms with Crippen molar-refractivity contribution in [1.29, 1.82) is 0 Å². The molecular weight excluding hydrogens is 571 g/mol. The third kappa shape index (κ3) is 3.65. The predicted molar refractivity (Wildman–Crippen MR) is 187 cm³/mol. The number of thiophene rings is 1. The first-order valence-corrected chi connectivity index (χ1v) is 15.8. The Kier molecular flexibility index (Phi) is 5.12. The summed E-state index contributed by atoms with van der Waals surface area (Å²) in [4.78, 5) is 10.4. The van der Waals surface area contributed by atoms with E-state index in [0.717, 1.165) is 60.0 Å². The molecule has 0 aliphatic carbocycles. The summed E-state index contributed by atoms with van der Waals surface area (Å²) in [6.07, 6.45) is 0. The van der Waals surface area contributed by atoms with Crippen molar-refractivity contribution in [2.24, 2.45) is 0 Å². The molecule has 0 saturated heterocycles. The van der Waals surface area contributed by atoms with Gasteiger partial charge in [-0.25, -0.2) is 9.97 Å². The van der Waals surface area contributed by atoms with Crippen molar-refractivity contribution in [3.8, 4) is 28.3 Å². The summed E-state index contributed by atoms with van der Waals surface area (Å²) >= 11 is 1.74. The number of fused-ring (bicyclic) bond motifs is 9. The van der Waals surface area contributed by atoms with Crippen LogP contribution < -0.4 is 0 Å². The summed E-state index contributed by atoms with van der Waals surface area (Å²) in [5.74, 6) is 0.708. The average Bonchev–Trinajstić information content (AvgIpc) is 3.77. The van der Waals surface area contributed by atoms with Gasteiger partial charge in [0, 0.05) is 48.4 Å². The van der Waals surface area contributed by atoms with Crippen LogP contribution in [0, 0.1) is 0 Å². The standard InChI is InChI=1S/C40H23N3OS/c1-5-13-32-27(9-1)28-10-2-6-14-33(28)43(32)26-20-17-24(18-21-26)40-41-37(39-38(42-40)31-12-4-8-16-36(31)45-39)25-19-22-30-29-11-3-7-15-34(29)44-35(30)23-25/h1-23H. The van der Waals surface area contributed by atoms with Crippen molar-refractivity contribution in [2.45, 2.75) is 0 Å². The lowest BCUT2D eigenvalue weighted by Crippen LogP contribution is -1.96. The van der Waals surface area contributed by atoms with Crippen LogP contribution >= 0.6 is 11.3 Å². The second-order valence-electron chi connectivity index (χ2n) is 11.4. The van der Waals surface area contributed by atoms with E-state index in [0.29, 0.717) is 5.82 Å². The molecule has 0 radical (unpaired) electrons. The summed E-state index contributed by atoms with van der Waals surface area (Å²) in [6.45, 7) is 0. The normalized spacial score (nSPS) is 12.0. The van der Waals surface area contributed by atoms with Crippen molar-refractivity contribution in [3.05, 3.63) is 140 Å². The maximum atomic E-state index is 6.27. The molecule has 0 saturated carbocycles. The number of aromatic nitrogens is 3. The minimum absolute atomic E-state index is 0.708. The Labute approximate surface area is 261 Å². The van der Waals surface area contributed by atoms with Gasteiger partial charge in [-0.1, -0.05) is 78.9 Å². The molecule has 0 amide bonds. The molecule has 4 heterocycles. The topological polar surface area (TPSA) is 43.9 Å². The Bertz CT molecular complexity index is 2710. The fourth-order valence-corrected chi connectivity index (χ4v) is 7.90. The van der Waals surface area contributed by atoms with Crippen LogP contribution in [-0.2, 0) is 0 Å². The Hall–Kier alpha value is -5.78. The summed E-state index contributed by atoms with van der Waals surface area (Å²) in [5.41, 5.74) is 9.13. The second-order valence-corrected chi connectivity index (χ2v) is 12.4. The highest BCUT2D eigenvalue weighted by Crippen LogP contribution is 2.41. The third-order valence-corrected chi connectivity index (χ3v) is 10.0. The highest BCUT2D eigenvalue weighted by molar-refractivity contribution is 7.26. The molecule has 0 unspecified atom stereocenters. The van der Waals surface area contributed by atoms with E-state index in [1.165, 1.54) is 26.5 Å². The van der Waals surface area contributed by atoms with E-state index in [1.54, 1.807) is 11.3 Å². The molecule has 210 valence electrons. The quantitative estimate of drug-likeness (QED) is 0.205. The lowest BCUT2D eigenvalue weighted by molar-refractivity contribution is 0.669. The van der Waals surface area contributed by atoms with Gasteiger partial charge < -0.3 is 8.98 Å². The van der Waals surface area contributed by atoms with Gasteiger partial charge in [-0.15, -0.1) is 11.3 Å². The van der Waals surface area contributed by atoms with E-state index < -0.39 is 0 Å². The molecule has 10 rings (SSSR count). The zero-order chi connectivity index (χ0) is 29.5. The molecule has 0 aliphatic heterocycles. The molecule has 4 nitrogen and oxygen atoms in total. The Morgan fingerprint density at radius 3 is 1.91 bits per heavy atom. The highest BCUT2D eigenvalue weighted by Gasteiger charge is 2.18. The van der Waals surface area contributed by atoms with E-state index >= 15 is 0 Å². The van der Waals surface area contributed by atoms with Crippen molar-refractivity contribution in [3.63, 3.8) is 0 Å². The average molecular weight is 594 g/mol. The van der Waals surface area contributed by atoms with Crippen LogP contribution in [0.1, 0.15) is 0 Å². The first-order valence-electron chi connectivity index (χ1n) is 15.0. The zero-order valence-corrected chi connectivity index (χ0v) is 24.8. The lowest BCUT2D eigenvalue weighted by atomic mass is 10.1. The zero-order valence-electron chi connectivity index (χ0n) is 23.9. The van der Waals surface area contributed by atoms with Crippen molar-refractivity contribution in [2.75, 3.05) is 0 Å². The molecule has 0 fully saturated rings. The van der Waals surface area contributed by atoms with E-state index in [4.69, 9.17) is 14.4 Å². The van der Waals surface area contributed by atoms with Crippen LogP contribution in [0.5, 0.6) is 0 Å². The van der Waals surface area contributed by atoms with Crippen LogP contribution in [0.25, 0.3) is 92.4 Å². The molecule has 6 aromatic carbocycles. The van der Waals surface area contributed by atoms with Crippen LogP contribution in [0.3, 0.4) is 0 Å². The van der Waals surface area contributed by atoms with Gasteiger partial charge in [0.2, 0.25) is 0 Å². The molecule has 0 N–H and O–H groups in total. The van der Waals surface area contributed by atoms with Gasteiger partial charge in [-0.3, -0.25) is 0 Å². The van der Waals surface area contributed by atoms with Crippen molar-refractivity contribution in [1.82, 2.24) is 14.5 Å². The van der Waals surface area contributed by atoms with Crippen LogP contribution in [0.2, 0.25) is 0 Å². The van der Waals surface area contributed by atoms with Gasteiger partial charge in [-0.05, 0) is 60.7 Å². The lowest BCUT2D eigenvalue weighted by Gasteiger charge is -2.10. The van der Waals surface area contributed by atoms with E-state index in [9.17, 15) is 0 Å². The fraction of sp³-hybridized carbons (Fsp3) is 0. The molecule has 0 atom stereocenters. The molecule has 0 bridgehead atoms. The SMILES string of the molecule is c1ccc2c(c1)oc1cc(-c3nc(-c4ccc(-n5c6ccccc6c6ccccc65)cc4)nc4c3sc3ccccc34)ccc12. The highest BCUT2D eigenvalue weighted by atomic mass is 32.1. The second kappa shape index (κ2) is 9.36. The number of hydrogen-bond acceptors (Lipinski definition) is 4. The smallest absolute Gasteiger partial charge is 0.160 e. The maximum absolute atomic E-state index is 6.27. The molecule has 45 heavy (non-hydrogen) atoms. The number of furan rings is 1. The van der Waals surface area contributed by atoms with E-state index in [-0.39, 0.29) is 0 Å². The van der Waals surface area contributed by atoms with Gasteiger partial charge >= 0.3 is 0 Å². The molecule has 10 aromatic rings. The molecular formula is C40H23N3OS. The van der Waals surface area contributed by atoms with E-state index in [2.05, 4.69) is 132 Å². The number of benzene rings is 6. The largest absolute Gasteiger partial charge is 0.456 e. The van der Waals surface area contributed by atoms with Gasteiger partial charge in [0.1, 0.15) is 11.2 Å². The number of para-hydroxylation sites is 3. The minimum atomic E-state index is 0.708. The minimum Gasteiger partial charge on any atom is -0.456 e. The number of rotatable bonds is 3. The van der Waals surface area contributed by atoms with Crippen molar-refractivity contribution < 1.29 is 4.42 Å². The summed E-state index contributed by atoms with van der Waals surface area (Å²) in [5, 5.41) is 5.88. The number of nitrogens with zero attached hydrogens (tertiary/aromatic N) is 3. The maximum Gasteiger partial charge on any atom is 0.160 e. The number of hydrogen-bond donors (Lipinski definition) is 0. The van der Waals surface area contributed by atoms with Gasteiger partial charge in [0.25, 0.3) is 0 Å². The van der Waals surface area contributed by atoms with E-state index in [1.807, 2.05) is 12.1 Å². The van der Waals surface area contributed by atoms with Crippen molar-refractivity contribution >= 4 is 75.4 Å². The Morgan fingerprint density at radius 1 is 0.511 bits per heavy atom. The Balaban J connectivity index is 1.16. The van der Waals surface area contributed by atoms with Gasteiger partial charge in [0.05, 0.1) is 26.9 Å². The fourth-order valence-electron chi connectivity index (χ4n) is 6.75. The summed E-state index contributed by atoms with van der Waals surface area (Å²) in [7, 11) is 0. The monoisotopic (exact) mass is 593 g/mol. The van der Waals surface area contributed by atoms with Gasteiger partial charge in [-0.2, -0.15) is 0 Å². The Morgan fingerprint density at radius 2 is 1.13 bits per heavy atom. The first kappa shape index (κ1) is 24.6. The third-order valence-electron chi connectivity index (χ3n) is 8.84. The van der Waals surface area contributed by atoms with Crippen LogP contribution in [0.4, 0.5) is 0 Å². The van der Waals surface area contributed by atoms with Crippen LogP contribution in [0.15, 0.2) is 144 Å². The molecule has 0 aliphatic rings. The summed E-state index contributed by atoms with van der Waals surface area (Å²) < 4.78 is 10.9. The molecule has 5 heteroatoms. The molecule has 0 spiro atoms.